The SMILES string of the molecule is C[C@@H](OC(=O)Cc1ccc(Cl)cc1Cl)C(=O)Nc1cccc(C#N)c1. The van der Waals surface area contributed by atoms with E-state index in [1.54, 1.807) is 30.3 Å². The number of carbonyl (C=O) groups excluding carboxylic acids is 2. The minimum absolute atomic E-state index is 0.0719. The molecule has 0 saturated heterocycles. The molecule has 0 bridgehead atoms. The van der Waals surface area contributed by atoms with Crippen LogP contribution in [0.3, 0.4) is 0 Å². The van der Waals surface area contributed by atoms with Crippen LogP contribution in [-0.2, 0) is 20.7 Å². The lowest BCUT2D eigenvalue weighted by atomic mass is 10.1. The molecular formula is C18H14Cl2N2O3. The van der Waals surface area contributed by atoms with E-state index >= 15 is 0 Å². The van der Waals surface area contributed by atoms with Crippen LogP contribution in [0.2, 0.25) is 10.0 Å². The highest BCUT2D eigenvalue weighted by molar-refractivity contribution is 6.35. The largest absolute Gasteiger partial charge is 0.452 e. The van der Waals surface area contributed by atoms with Gasteiger partial charge in [-0.3, -0.25) is 9.59 Å². The molecule has 0 aliphatic heterocycles. The summed E-state index contributed by atoms with van der Waals surface area (Å²) in [5.41, 5.74) is 1.43. The van der Waals surface area contributed by atoms with Gasteiger partial charge in [0.2, 0.25) is 0 Å². The first kappa shape index (κ1) is 18.8. The molecule has 0 unspecified atom stereocenters. The lowest BCUT2D eigenvalue weighted by Crippen LogP contribution is -2.30. The Bertz CT molecular complexity index is 846. The first-order valence-corrected chi connectivity index (χ1v) is 8.09. The van der Waals surface area contributed by atoms with E-state index in [1.165, 1.54) is 19.1 Å². The Morgan fingerprint density at radius 2 is 2.00 bits per heavy atom. The van der Waals surface area contributed by atoms with Crippen LogP contribution in [-0.4, -0.2) is 18.0 Å². The quantitative estimate of drug-likeness (QED) is 0.800. The normalized spacial score (nSPS) is 11.3. The second-order valence-electron chi connectivity index (χ2n) is 5.23. The Hall–Kier alpha value is -2.55. The lowest BCUT2D eigenvalue weighted by molar-refractivity contribution is -0.152. The number of anilines is 1. The first-order chi connectivity index (χ1) is 11.9. The van der Waals surface area contributed by atoms with Gasteiger partial charge >= 0.3 is 5.97 Å². The van der Waals surface area contributed by atoms with Crippen molar-refractivity contribution in [3.63, 3.8) is 0 Å². The molecule has 1 amide bonds. The van der Waals surface area contributed by atoms with Gasteiger partial charge in [0.15, 0.2) is 6.10 Å². The standard InChI is InChI=1S/C18H14Cl2N2O3/c1-11(18(24)22-15-4-2-3-12(7-15)10-21)25-17(23)8-13-5-6-14(19)9-16(13)20/h2-7,9,11H,8H2,1H3,(H,22,24)/t11-/m1/s1. The molecule has 0 heterocycles. The maximum atomic E-state index is 12.1. The zero-order chi connectivity index (χ0) is 18.4. The topological polar surface area (TPSA) is 79.2 Å². The van der Waals surface area contributed by atoms with E-state index in [9.17, 15) is 9.59 Å². The molecule has 0 radical (unpaired) electrons. The summed E-state index contributed by atoms with van der Waals surface area (Å²) in [4.78, 5) is 24.1. The molecule has 0 aromatic heterocycles. The van der Waals surface area contributed by atoms with Crippen LogP contribution in [0, 0.1) is 11.3 Å². The van der Waals surface area contributed by atoms with E-state index < -0.39 is 18.0 Å². The summed E-state index contributed by atoms with van der Waals surface area (Å²) in [6.07, 6.45) is -1.07. The van der Waals surface area contributed by atoms with E-state index in [2.05, 4.69) is 5.32 Å². The number of carbonyl (C=O) groups is 2. The molecule has 0 spiro atoms. The number of halogens is 2. The maximum Gasteiger partial charge on any atom is 0.311 e. The number of rotatable bonds is 5. The summed E-state index contributed by atoms with van der Waals surface area (Å²) in [5, 5.41) is 12.3. The average Bonchev–Trinajstić information content (AvgIpc) is 2.57. The number of ether oxygens (including phenoxy) is 1. The minimum atomic E-state index is -0.996. The van der Waals surface area contributed by atoms with Crippen molar-refractivity contribution in [2.75, 3.05) is 5.32 Å². The zero-order valence-corrected chi connectivity index (χ0v) is 14.8. The molecule has 2 aromatic carbocycles. The third-order valence-corrected chi connectivity index (χ3v) is 3.87. The fraction of sp³-hybridized carbons (Fsp3) is 0.167. The molecule has 1 atom stereocenters. The molecule has 128 valence electrons. The van der Waals surface area contributed by atoms with E-state index in [-0.39, 0.29) is 6.42 Å². The van der Waals surface area contributed by atoms with Gasteiger partial charge in [-0.2, -0.15) is 5.26 Å². The van der Waals surface area contributed by atoms with E-state index in [0.29, 0.717) is 26.9 Å². The molecule has 25 heavy (non-hydrogen) atoms. The summed E-state index contributed by atoms with van der Waals surface area (Å²) in [5.74, 6) is -1.08. The van der Waals surface area contributed by atoms with Crippen molar-refractivity contribution in [1.82, 2.24) is 0 Å². The van der Waals surface area contributed by atoms with Crippen LogP contribution in [0.4, 0.5) is 5.69 Å². The number of hydrogen-bond donors (Lipinski definition) is 1. The van der Waals surface area contributed by atoms with Crippen molar-refractivity contribution in [2.24, 2.45) is 0 Å². The highest BCUT2D eigenvalue weighted by Crippen LogP contribution is 2.21. The number of esters is 1. The second-order valence-corrected chi connectivity index (χ2v) is 6.07. The fourth-order valence-corrected chi connectivity index (χ4v) is 2.50. The van der Waals surface area contributed by atoms with Gasteiger partial charge in [0.25, 0.3) is 5.91 Å². The van der Waals surface area contributed by atoms with Crippen molar-refractivity contribution >= 4 is 40.8 Å². The number of nitrogens with one attached hydrogen (secondary N) is 1. The van der Waals surface area contributed by atoms with Crippen LogP contribution in [0.25, 0.3) is 0 Å². The Kier molecular flexibility index (Phi) is 6.40. The molecule has 0 saturated carbocycles. The summed E-state index contributed by atoms with van der Waals surface area (Å²) >= 11 is 11.8. The average molecular weight is 377 g/mol. The molecule has 0 aliphatic rings. The number of nitriles is 1. The molecule has 7 heteroatoms. The molecule has 1 N–H and O–H groups in total. The van der Waals surface area contributed by atoms with E-state index in [4.69, 9.17) is 33.2 Å². The van der Waals surface area contributed by atoms with Crippen LogP contribution in [0.5, 0.6) is 0 Å². The fourth-order valence-electron chi connectivity index (χ4n) is 2.02. The summed E-state index contributed by atoms with van der Waals surface area (Å²) < 4.78 is 5.12. The third kappa shape index (κ3) is 5.49. The van der Waals surface area contributed by atoms with Crippen molar-refractivity contribution in [2.45, 2.75) is 19.4 Å². The predicted molar refractivity (Wildman–Crippen MR) is 95.5 cm³/mol. The zero-order valence-electron chi connectivity index (χ0n) is 13.3. The molecule has 2 aromatic rings. The van der Waals surface area contributed by atoms with Crippen molar-refractivity contribution in [3.05, 3.63) is 63.6 Å². The predicted octanol–water partition coefficient (Wildman–Crippen LogP) is 3.98. The van der Waals surface area contributed by atoms with Gasteiger partial charge in [0.1, 0.15) is 0 Å². The van der Waals surface area contributed by atoms with Gasteiger partial charge in [-0.25, -0.2) is 0 Å². The smallest absolute Gasteiger partial charge is 0.311 e. The number of benzene rings is 2. The van der Waals surface area contributed by atoms with E-state index in [0.717, 1.165) is 0 Å². The minimum Gasteiger partial charge on any atom is -0.452 e. The monoisotopic (exact) mass is 376 g/mol. The van der Waals surface area contributed by atoms with Crippen LogP contribution >= 0.6 is 23.2 Å². The maximum absolute atomic E-state index is 12.1. The third-order valence-electron chi connectivity index (χ3n) is 3.29. The Balaban J connectivity index is 1.93. The van der Waals surface area contributed by atoms with Gasteiger partial charge in [0.05, 0.1) is 18.1 Å². The van der Waals surface area contributed by atoms with Gasteiger partial charge in [0, 0.05) is 15.7 Å². The number of hydrogen-bond acceptors (Lipinski definition) is 4. The van der Waals surface area contributed by atoms with Gasteiger partial charge in [-0.05, 0) is 42.8 Å². The van der Waals surface area contributed by atoms with Crippen LogP contribution < -0.4 is 5.32 Å². The Morgan fingerprint density at radius 1 is 1.24 bits per heavy atom. The summed E-state index contributed by atoms with van der Waals surface area (Å²) in [6.45, 7) is 1.46. The van der Waals surface area contributed by atoms with Gasteiger partial charge in [-0.15, -0.1) is 0 Å². The Morgan fingerprint density at radius 3 is 2.68 bits per heavy atom. The highest BCUT2D eigenvalue weighted by Gasteiger charge is 2.19. The van der Waals surface area contributed by atoms with E-state index in [1.807, 2.05) is 6.07 Å². The molecule has 0 fully saturated rings. The van der Waals surface area contributed by atoms with Gasteiger partial charge < -0.3 is 10.1 Å². The van der Waals surface area contributed by atoms with Crippen LogP contribution in [0.1, 0.15) is 18.1 Å². The van der Waals surface area contributed by atoms with Gasteiger partial charge in [-0.1, -0.05) is 35.3 Å². The number of amides is 1. The number of nitrogens with zero attached hydrogens (tertiary/aromatic N) is 1. The van der Waals surface area contributed by atoms with Crippen LogP contribution in [0.15, 0.2) is 42.5 Å². The molecule has 5 nitrogen and oxygen atoms in total. The molecule has 0 aliphatic carbocycles. The van der Waals surface area contributed by atoms with Crippen molar-refractivity contribution in [1.29, 1.82) is 5.26 Å². The van der Waals surface area contributed by atoms with Crippen molar-refractivity contribution in [3.8, 4) is 6.07 Å². The molecular weight excluding hydrogens is 363 g/mol. The first-order valence-electron chi connectivity index (χ1n) is 7.33. The highest BCUT2D eigenvalue weighted by atomic mass is 35.5. The second kappa shape index (κ2) is 8.52. The lowest BCUT2D eigenvalue weighted by Gasteiger charge is -2.14. The Labute approximate surface area is 155 Å². The van der Waals surface area contributed by atoms with Crippen molar-refractivity contribution < 1.29 is 14.3 Å². The summed E-state index contributed by atoms with van der Waals surface area (Å²) in [7, 11) is 0. The molecule has 2 rings (SSSR count). The summed E-state index contributed by atoms with van der Waals surface area (Å²) in [6, 6.07) is 13.2.